The highest BCUT2D eigenvalue weighted by Gasteiger charge is 2.01. The summed E-state index contributed by atoms with van der Waals surface area (Å²) in [5.74, 6) is 0. The minimum atomic E-state index is 1.14. The molecular weight excluding hydrogens is 164 g/mol. The van der Waals surface area contributed by atoms with E-state index in [2.05, 4.69) is 37.4 Å². The van der Waals surface area contributed by atoms with Gasteiger partial charge in [0.1, 0.15) is 0 Å². The molecule has 0 bridgehead atoms. The van der Waals surface area contributed by atoms with E-state index in [9.17, 15) is 0 Å². The van der Waals surface area contributed by atoms with Crippen molar-refractivity contribution < 1.29 is 0 Å². The zero-order valence-electron chi connectivity index (χ0n) is 7.42. The van der Waals surface area contributed by atoms with E-state index in [4.69, 9.17) is 0 Å². The van der Waals surface area contributed by atoms with Gasteiger partial charge >= 0.3 is 0 Å². The summed E-state index contributed by atoms with van der Waals surface area (Å²) in [7, 11) is 0. The molecule has 0 N–H and O–H groups in total. The van der Waals surface area contributed by atoms with Gasteiger partial charge in [-0.15, -0.1) is 11.3 Å². The largest absolute Gasteiger partial charge is 0.144 e. The van der Waals surface area contributed by atoms with Crippen molar-refractivity contribution in [3.05, 3.63) is 34.7 Å². The van der Waals surface area contributed by atoms with Gasteiger partial charge in [-0.05, 0) is 47.4 Å². The first-order valence-electron chi connectivity index (χ1n) is 4.28. The number of rotatable bonds is 1. The van der Waals surface area contributed by atoms with E-state index in [1.165, 1.54) is 21.2 Å². The van der Waals surface area contributed by atoms with E-state index in [0.717, 1.165) is 6.42 Å². The van der Waals surface area contributed by atoms with Crippen molar-refractivity contribution in [1.82, 2.24) is 0 Å². The minimum Gasteiger partial charge on any atom is -0.144 e. The Balaban J connectivity index is 2.78. The Morgan fingerprint density at radius 1 is 1.25 bits per heavy atom. The van der Waals surface area contributed by atoms with Crippen LogP contribution in [0.3, 0.4) is 0 Å². The molecule has 0 nitrogen and oxygen atoms in total. The molecule has 0 saturated carbocycles. The van der Waals surface area contributed by atoms with Crippen molar-refractivity contribution in [2.75, 3.05) is 0 Å². The lowest BCUT2D eigenvalue weighted by atomic mass is 10.0. The highest BCUT2D eigenvalue weighted by atomic mass is 32.1. The van der Waals surface area contributed by atoms with E-state index in [1.54, 1.807) is 0 Å². The Bertz CT molecular complexity index is 398. The molecule has 1 heteroatoms. The van der Waals surface area contributed by atoms with Crippen LogP contribution in [0.1, 0.15) is 18.1 Å². The SMILES string of the molecule is CCc1ccc2sccc2c1C. The van der Waals surface area contributed by atoms with Gasteiger partial charge in [-0.2, -0.15) is 0 Å². The van der Waals surface area contributed by atoms with Crippen LogP contribution in [0, 0.1) is 6.92 Å². The van der Waals surface area contributed by atoms with Crippen LogP contribution in [-0.2, 0) is 6.42 Å². The van der Waals surface area contributed by atoms with Gasteiger partial charge in [0.2, 0.25) is 0 Å². The molecule has 0 amide bonds. The summed E-state index contributed by atoms with van der Waals surface area (Å²) in [5, 5.41) is 3.59. The summed E-state index contributed by atoms with van der Waals surface area (Å²) in [6.45, 7) is 4.43. The fourth-order valence-corrected chi connectivity index (χ4v) is 2.46. The lowest BCUT2D eigenvalue weighted by molar-refractivity contribution is 1.12. The highest BCUT2D eigenvalue weighted by Crippen LogP contribution is 2.26. The average molecular weight is 176 g/mol. The Labute approximate surface area is 76.8 Å². The molecule has 0 aliphatic heterocycles. The van der Waals surface area contributed by atoms with Gasteiger partial charge < -0.3 is 0 Å². The summed E-state index contributed by atoms with van der Waals surface area (Å²) in [4.78, 5) is 0. The lowest BCUT2D eigenvalue weighted by Gasteiger charge is -2.02. The topological polar surface area (TPSA) is 0 Å². The fraction of sp³-hybridized carbons (Fsp3) is 0.273. The summed E-state index contributed by atoms with van der Waals surface area (Å²) in [6.07, 6.45) is 1.14. The van der Waals surface area contributed by atoms with Crippen molar-refractivity contribution in [2.24, 2.45) is 0 Å². The number of aryl methyl sites for hydroxylation is 2. The standard InChI is InChI=1S/C11H12S/c1-3-9-4-5-11-10(8(9)2)6-7-12-11/h4-7H,3H2,1-2H3. The molecule has 0 spiro atoms. The number of thiophene rings is 1. The van der Waals surface area contributed by atoms with Crippen LogP contribution in [0.15, 0.2) is 23.6 Å². The van der Waals surface area contributed by atoms with Gasteiger partial charge in [-0.3, -0.25) is 0 Å². The van der Waals surface area contributed by atoms with Crippen molar-refractivity contribution in [3.8, 4) is 0 Å². The minimum absolute atomic E-state index is 1.14. The van der Waals surface area contributed by atoms with E-state index in [-0.39, 0.29) is 0 Å². The molecule has 0 unspecified atom stereocenters. The first-order valence-corrected chi connectivity index (χ1v) is 5.16. The van der Waals surface area contributed by atoms with Gasteiger partial charge in [-0.25, -0.2) is 0 Å². The van der Waals surface area contributed by atoms with Crippen molar-refractivity contribution in [2.45, 2.75) is 20.3 Å². The van der Waals surface area contributed by atoms with Crippen LogP contribution in [0.4, 0.5) is 0 Å². The first-order chi connectivity index (χ1) is 5.83. The quantitative estimate of drug-likeness (QED) is 0.620. The first kappa shape index (κ1) is 7.81. The average Bonchev–Trinajstić information content (AvgIpc) is 2.53. The Morgan fingerprint density at radius 3 is 2.83 bits per heavy atom. The van der Waals surface area contributed by atoms with Crippen LogP contribution in [0.5, 0.6) is 0 Å². The molecule has 2 rings (SSSR count). The summed E-state index contributed by atoms with van der Waals surface area (Å²) >= 11 is 1.82. The predicted molar refractivity (Wildman–Crippen MR) is 55.9 cm³/mol. The molecule has 12 heavy (non-hydrogen) atoms. The van der Waals surface area contributed by atoms with E-state index >= 15 is 0 Å². The number of hydrogen-bond donors (Lipinski definition) is 0. The monoisotopic (exact) mass is 176 g/mol. The highest BCUT2D eigenvalue weighted by molar-refractivity contribution is 7.17. The Morgan fingerprint density at radius 2 is 2.08 bits per heavy atom. The Kier molecular flexibility index (Phi) is 1.89. The maximum absolute atomic E-state index is 2.24. The maximum Gasteiger partial charge on any atom is 0.0345 e. The summed E-state index contributed by atoms with van der Waals surface area (Å²) in [5.41, 5.74) is 2.93. The van der Waals surface area contributed by atoms with Crippen LogP contribution in [0.2, 0.25) is 0 Å². The molecule has 2 aromatic rings. The molecule has 0 aliphatic rings. The molecule has 62 valence electrons. The summed E-state index contributed by atoms with van der Waals surface area (Å²) < 4.78 is 1.41. The van der Waals surface area contributed by atoms with Gasteiger partial charge in [-0.1, -0.05) is 13.0 Å². The van der Waals surface area contributed by atoms with Crippen LogP contribution in [0.25, 0.3) is 10.1 Å². The van der Waals surface area contributed by atoms with Gasteiger partial charge in [0.25, 0.3) is 0 Å². The van der Waals surface area contributed by atoms with E-state index < -0.39 is 0 Å². The van der Waals surface area contributed by atoms with Gasteiger partial charge in [0, 0.05) is 4.70 Å². The molecule has 1 aromatic carbocycles. The third kappa shape index (κ3) is 1.05. The zero-order valence-corrected chi connectivity index (χ0v) is 8.24. The molecule has 1 heterocycles. The number of fused-ring (bicyclic) bond motifs is 1. The molecule has 1 aromatic heterocycles. The third-order valence-corrected chi connectivity index (χ3v) is 3.28. The smallest absolute Gasteiger partial charge is 0.0345 e. The lowest BCUT2D eigenvalue weighted by Crippen LogP contribution is -1.84. The second kappa shape index (κ2) is 2.91. The second-order valence-electron chi connectivity index (χ2n) is 3.04. The second-order valence-corrected chi connectivity index (χ2v) is 3.98. The van der Waals surface area contributed by atoms with E-state index in [0.29, 0.717) is 0 Å². The zero-order chi connectivity index (χ0) is 8.55. The molecule has 0 radical (unpaired) electrons. The summed E-state index contributed by atoms with van der Waals surface area (Å²) in [6, 6.07) is 6.69. The molecule has 0 saturated heterocycles. The normalized spacial score (nSPS) is 10.8. The molecular formula is C11H12S. The number of benzene rings is 1. The van der Waals surface area contributed by atoms with Crippen molar-refractivity contribution in [1.29, 1.82) is 0 Å². The van der Waals surface area contributed by atoms with Crippen LogP contribution in [-0.4, -0.2) is 0 Å². The van der Waals surface area contributed by atoms with Gasteiger partial charge in [0.15, 0.2) is 0 Å². The van der Waals surface area contributed by atoms with Crippen LogP contribution >= 0.6 is 11.3 Å². The van der Waals surface area contributed by atoms with Crippen molar-refractivity contribution >= 4 is 21.4 Å². The van der Waals surface area contributed by atoms with Gasteiger partial charge in [0.05, 0.1) is 0 Å². The molecule has 0 atom stereocenters. The predicted octanol–water partition coefficient (Wildman–Crippen LogP) is 3.77. The fourth-order valence-electron chi connectivity index (χ4n) is 1.62. The molecule has 0 fully saturated rings. The Hall–Kier alpha value is -0.820. The number of hydrogen-bond acceptors (Lipinski definition) is 1. The van der Waals surface area contributed by atoms with Crippen LogP contribution < -0.4 is 0 Å². The van der Waals surface area contributed by atoms with E-state index in [1.807, 2.05) is 11.3 Å². The maximum atomic E-state index is 2.24. The van der Waals surface area contributed by atoms with Crippen molar-refractivity contribution in [3.63, 3.8) is 0 Å². The molecule has 0 aliphatic carbocycles. The third-order valence-electron chi connectivity index (χ3n) is 2.40.